The molecule has 0 saturated heterocycles. The predicted molar refractivity (Wildman–Crippen MR) is 98.6 cm³/mol. The fourth-order valence-corrected chi connectivity index (χ4v) is 2.84. The Bertz CT molecular complexity index is 886. The molecule has 1 atom stereocenters. The molecule has 1 amide bonds. The summed E-state index contributed by atoms with van der Waals surface area (Å²) in [7, 11) is 0. The van der Waals surface area contributed by atoms with Gasteiger partial charge in [0, 0.05) is 29.5 Å². The number of nitrogens with one attached hydrogen (secondary N) is 1. The van der Waals surface area contributed by atoms with E-state index in [1.165, 1.54) is 6.07 Å². The molecule has 0 aliphatic heterocycles. The molecule has 0 aliphatic rings. The van der Waals surface area contributed by atoms with E-state index in [4.69, 9.17) is 9.15 Å². The van der Waals surface area contributed by atoms with E-state index in [-0.39, 0.29) is 18.9 Å². The van der Waals surface area contributed by atoms with Gasteiger partial charge in [-0.05, 0) is 50.8 Å². The lowest BCUT2D eigenvalue weighted by Crippen LogP contribution is -2.37. The van der Waals surface area contributed by atoms with E-state index >= 15 is 0 Å². The number of carbonyl (C=O) groups is 2. The molecule has 1 aromatic heterocycles. The average Bonchev–Trinajstić information content (AvgIpc) is 2.61. The molecule has 0 unspecified atom stereocenters. The van der Waals surface area contributed by atoms with Crippen LogP contribution < -0.4 is 20.8 Å². The van der Waals surface area contributed by atoms with E-state index in [0.29, 0.717) is 23.3 Å². The Hall–Kier alpha value is -2.83. The second-order valence-corrected chi connectivity index (χ2v) is 6.43. The van der Waals surface area contributed by atoms with Crippen LogP contribution in [0.25, 0.3) is 11.0 Å². The molecule has 0 bridgehead atoms. The van der Waals surface area contributed by atoms with Gasteiger partial charge in [-0.3, -0.25) is 4.79 Å². The smallest absolute Gasteiger partial charge is 0.336 e. The van der Waals surface area contributed by atoms with Crippen LogP contribution in [0, 0.1) is 6.92 Å². The van der Waals surface area contributed by atoms with Crippen LogP contribution in [0.15, 0.2) is 27.4 Å². The summed E-state index contributed by atoms with van der Waals surface area (Å²) < 4.78 is 11.1. The summed E-state index contributed by atoms with van der Waals surface area (Å²) in [5, 5.41) is 13.9. The van der Waals surface area contributed by atoms with Crippen LogP contribution >= 0.6 is 0 Å². The number of aryl methyl sites for hydroxylation is 2. The van der Waals surface area contributed by atoms with Gasteiger partial charge in [0.1, 0.15) is 11.3 Å². The van der Waals surface area contributed by atoms with Gasteiger partial charge in [-0.25, -0.2) is 4.79 Å². The van der Waals surface area contributed by atoms with Crippen molar-refractivity contribution < 1.29 is 23.8 Å². The van der Waals surface area contributed by atoms with Gasteiger partial charge in [0.05, 0.1) is 0 Å². The third kappa shape index (κ3) is 5.32. The zero-order valence-electron chi connectivity index (χ0n) is 15.8. The van der Waals surface area contributed by atoms with Gasteiger partial charge in [0.15, 0.2) is 6.10 Å². The Morgan fingerprint density at radius 3 is 2.74 bits per heavy atom. The van der Waals surface area contributed by atoms with Crippen LogP contribution in [0.4, 0.5) is 0 Å². The number of amides is 1. The first kappa shape index (κ1) is 20.5. The molecule has 146 valence electrons. The lowest BCUT2D eigenvalue weighted by Gasteiger charge is -2.17. The summed E-state index contributed by atoms with van der Waals surface area (Å²) in [5.74, 6) is -1.05. The van der Waals surface area contributed by atoms with Gasteiger partial charge in [0.25, 0.3) is 5.91 Å². The fourth-order valence-electron chi connectivity index (χ4n) is 2.84. The summed E-state index contributed by atoms with van der Waals surface area (Å²) in [6.07, 6.45) is 1.08. The Balaban J connectivity index is 2.14. The van der Waals surface area contributed by atoms with Crippen molar-refractivity contribution in [1.82, 2.24) is 5.32 Å². The number of rotatable bonds is 9. The highest BCUT2D eigenvalue weighted by molar-refractivity contribution is 5.85. The molecule has 0 fully saturated rings. The lowest BCUT2D eigenvalue weighted by molar-refractivity contribution is -0.305. The first-order valence-corrected chi connectivity index (χ1v) is 9.04. The number of carboxylic acid groups (broad SMARTS) is 1. The van der Waals surface area contributed by atoms with E-state index < -0.39 is 17.7 Å². The van der Waals surface area contributed by atoms with Crippen LogP contribution in [0.3, 0.4) is 0 Å². The molecule has 1 heterocycles. The van der Waals surface area contributed by atoms with Crippen LogP contribution in [0.5, 0.6) is 5.75 Å². The number of hydrogen-bond acceptors (Lipinski definition) is 6. The van der Waals surface area contributed by atoms with E-state index in [1.54, 1.807) is 19.9 Å². The lowest BCUT2D eigenvalue weighted by atomic mass is 10.0. The molecule has 1 N–H and O–H groups in total. The van der Waals surface area contributed by atoms with E-state index in [2.05, 4.69) is 5.32 Å². The number of carboxylic acids is 1. The molecule has 1 aromatic carbocycles. The Morgan fingerprint density at radius 2 is 2.07 bits per heavy atom. The predicted octanol–water partition coefficient (Wildman–Crippen LogP) is 1.47. The molecular weight excluding hydrogens is 350 g/mol. The monoisotopic (exact) mass is 374 g/mol. The number of hydrogen-bond donors (Lipinski definition) is 1. The molecular formula is C20H24NO6-. The summed E-state index contributed by atoms with van der Waals surface area (Å²) in [5.41, 5.74) is 1.63. The molecule has 0 spiro atoms. The maximum atomic E-state index is 12.1. The minimum atomic E-state index is -1.15. The number of aliphatic carboxylic acids is 1. The number of benzene rings is 1. The zero-order valence-corrected chi connectivity index (χ0v) is 15.8. The van der Waals surface area contributed by atoms with Crippen molar-refractivity contribution >= 4 is 22.8 Å². The van der Waals surface area contributed by atoms with Crippen LogP contribution in [0.2, 0.25) is 0 Å². The van der Waals surface area contributed by atoms with Crippen molar-refractivity contribution in [2.24, 2.45) is 0 Å². The Kier molecular flexibility index (Phi) is 6.98. The fraction of sp³-hybridized carbons (Fsp3) is 0.450. The van der Waals surface area contributed by atoms with Crippen molar-refractivity contribution in [3.8, 4) is 5.75 Å². The van der Waals surface area contributed by atoms with Gasteiger partial charge in [0.2, 0.25) is 0 Å². The second-order valence-electron chi connectivity index (χ2n) is 6.43. The molecule has 7 heteroatoms. The van der Waals surface area contributed by atoms with Gasteiger partial charge in [-0.1, -0.05) is 13.3 Å². The van der Waals surface area contributed by atoms with Crippen molar-refractivity contribution in [3.05, 3.63) is 39.7 Å². The van der Waals surface area contributed by atoms with E-state index in [1.807, 2.05) is 13.0 Å². The molecule has 0 saturated carbocycles. The maximum Gasteiger partial charge on any atom is 0.336 e. The topological polar surface area (TPSA) is 109 Å². The van der Waals surface area contributed by atoms with Crippen molar-refractivity contribution in [1.29, 1.82) is 0 Å². The minimum Gasteiger partial charge on any atom is -0.550 e. The third-order valence-electron chi connectivity index (χ3n) is 4.25. The summed E-state index contributed by atoms with van der Waals surface area (Å²) in [4.78, 5) is 34.3. The van der Waals surface area contributed by atoms with Gasteiger partial charge in [-0.2, -0.15) is 0 Å². The largest absolute Gasteiger partial charge is 0.550 e. The van der Waals surface area contributed by atoms with E-state index in [0.717, 1.165) is 23.8 Å². The van der Waals surface area contributed by atoms with E-state index in [9.17, 15) is 19.5 Å². The van der Waals surface area contributed by atoms with Gasteiger partial charge >= 0.3 is 5.63 Å². The van der Waals surface area contributed by atoms with Crippen molar-refractivity contribution in [3.63, 3.8) is 0 Å². The van der Waals surface area contributed by atoms with Crippen LogP contribution in [-0.2, 0) is 16.0 Å². The van der Waals surface area contributed by atoms with Crippen LogP contribution in [0.1, 0.15) is 44.2 Å². The zero-order chi connectivity index (χ0) is 20.0. The minimum absolute atomic E-state index is 0.113. The second kappa shape index (κ2) is 9.21. The molecule has 2 aromatic rings. The Labute approximate surface area is 157 Å². The molecule has 2 rings (SSSR count). The average molecular weight is 374 g/mol. The first-order valence-electron chi connectivity index (χ1n) is 9.04. The SMILES string of the molecule is CCCc1cc(=O)oc2c(C)c(O[C@@H](C)C(=O)NCCCC(=O)[O-])ccc12. The summed E-state index contributed by atoms with van der Waals surface area (Å²) in [6.45, 7) is 5.65. The molecule has 0 radical (unpaired) electrons. The number of carbonyl (C=O) groups excluding carboxylic acids is 2. The van der Waals surface area contributed by atoms with Crippen molar-refractivity contribution in [2.45, 2.75) is 52.6 Å². The number of fused-ring (bicyclic) bond motifs is 1. The first-order chi connectivity index (χ1) is 12.8. The quantitative estimate of drug-likeness (QED) is 0.526. The molecule has 7 nitrogen and oxygen atoms in total. The highest BCUT2D eigenvalue weighted by Gasteiger charge is 2.17. The van der Waals surface area contributed by atoms with Crippen LogP contribution in [-0.4, -0.2) is 24.5 Å². The Morgan fingerprint density at radius 1 is 1.33 bits per heavy atom. The summed E-state index contributed by atoms with van der Waals surface area (Å²) in [6, 6.07) is 5.10. The summed E-state index contributed by atoms with van der Waals surface area (Å²) >= 11 is 0. The van der Waals surface area contributed by atoms with Gasteiger partial charge < -0.3 is 24.4 Å². The highest BCUT2D eigenvalue weighted by Crippen LogP contribution is 2.29. The maximum absolute atomic E-state index is 12.1. The molecule has 0 aliphatic carbocycles. The number of ether oxygens (including phenoxy) is 1. The normalized spacial score (nSPS) is 12.0. The molecule has 27 heavy (non-hydrogen) atoms. The standard InChI is InChI=1S/C20H25NO6/c1-4-6-14-11-18(24)27-19-12(2)16(9-8-15(14)19)26-13(3)20(25)21-10-5-7-17(22)23/h8-9,11,13H,4-7,10H2,1-3H3,(H,21,25)(H,22,23)/p-1/t13-/m0/s1. The highest BCUT2D eigenvalue weighted by atomic mass is 16.5. The van der Waals surface area contributed by atoms with Crippen molar-refractivity contribution in [2.75, 3.05) is 6.54 Å². The van der Waals surface area contributed by atoms with Gasteiger partial charge in [-0.15, -0.1) is 0 Å². The third-order valence-corrected chi connectivity index (χ3v) is 4.25.